The van der Waals surface area contributed by atoms with Crippen LogP contribution in [0.4, 0.5) is 0 Å². The second kappa shape index (κ2) is 5.26. The number of carbonyl (C=O) groups excluding carboxylic acids is 1. The maximum Gasteiger partial charge on any atom is 0.312 e. The number of ether oxygens (including phenoxy) is 1. The number of aryl methyl sites for hydroxylation is 1. The molecule has 0 radical (unpaired) electrons. The molecule has 96 valence electrons. The van der Waals surface area contributed by atoms with Gasteiger partial charge in [-0.25, -0.2) is 4.98 Å². The summed E-state index contributed by atoms with van der Waals surface area (Å²) in [5.74, 6) is -0.379. The molecular formula is C11H13N3O3S. The predicted molar refractivity (Wildman–Crippen MR) is 66.8 cm³/mol. The van der Waals surface area contributed by atoms with Gasteiger partial charge in [-0.3, -0.25) is 9.59 Å². The lowest BCUT2D eigenvalue weighted by Gasteiger charge is -1.95. The Morgan fingerprint density at radius 1 is 1.56 bits per heavy atom. The normalized spacial score (nSPS) is 10.8. The highest BCUT2D eigenvalue weighted by atomic mass is 32.1. The molecule has 18 heavy (non-hydrogen) atoms. The lowest BCUT2D eigenvalue weighted by molar-refractivity contribution is -0.139. The van der Waals surface area contributed by atoms with E-state index in [1.165, 1.54) is 29.0 Å². The molecule has 2 rings (SSSR count). The highest BCUT2D eigenvalue weighted by Crippen LogP contribution is 2.12. The van der Waals surface area contributed by atoms with Gasteiger partial charge >= 0.3 is 5.97 Å². The summed E-state index contributed by atoms with van der Waals surface area (Å²) in [5.41, 5.74) is 0.548. The average Bonchev–Trinajstić information content (AvgIpc) is 2.72. The van der Waals surface area contributed by atoms with Gasteiger partial charge in [0.2, 0.25) is 4.96 Å². The first-order chi connectivity index (χ1) is 8.63. The average molecular weight is 267 g/mol. The molecule has 0 aliphatic rings. The monoisotopic (exact) mass is 267 g/mol. The number of carbonyl (C=O) groups is 1. The Labute approximate surface area is 107 Å². The van der Waals surface area contributed by atoms with Gasteiger partial charge in [-0.05, 0) is 6.42 Å². The van der Waals surface area contributed by atoms with E-state index in [2.05, 4.69) is 14.8 Å². The lowest BCUT2D eigenvalue weighted by atomic mass is 10.2. The molecule has 0 saturated carbocycles. The molecule has 2 aromatic rings. The largest absolute Gasteiger partial charge is 0.469 e. The summed E-state index contributed by atoms with van der Waals surface area (Å²) in [6.45, 7) is 2.03. The zero-order chi connectivity index (χ0) is 13.1. The van der Waals surface area contributed by atoms with Crippen LogP contribution in [0.2, 0.25) is 0 Å². The summed E-state index contributed by atoms with van der Waals surface area (Å²) in [6.07, 6.45) is 1.75. The van der Waals surface area contributed by atoms with E-state index in [4.69, 9.17) is 0 Å². The second-order valence-electron chi connectivity index (χ2n) is 3.78. The van der Waals surface area contributed by atoms with Crippen molar-refractivity contribution in [1.82, 2.24) is 14.6 Å². The minimum atomic E-state index is -0.379. The number of methoxy groups -OCH3 is 1. The molecule has 6 nitrogen and oxygen atoms in total. The van der Waals surface area contributed by atoms with Crippen molar-refractivity contribution in [2.24, 2.45) is 0 Å². The number of fused-ring (bicyclic) bond motifs is 1. The second-order valence-corrected chi connectivity index (χ2v) is 4.82. The molecule has 0 bridgehead atoms. The molecular weight excluding hydrogens is 254 g/mol. The fourth-order valence-corrected chi connectivity index (χ4v) is 2.45. The van der Waals surface area contributed by atoms with Crippen LogP contribution in [-0.2, 0) is 22.4 Å². The van der Waals surface area contributed by atoms with Crippen molar-refractivity contribution in [1.29, 1.82) is 0 Å². The molecule has 0 N–H and O–H groups in total. The van der Waals surface area contributed by atoms with Crippen LogP contribution < -0.4 is 5.56 Å². The Balaban J connectivity index is 2.41. The molecule has 0 unspecified atom stereocenters. The van der Waals surface area contributed by atoms with E-state index in [1.807, 2.05) is 6.92 Å². The third-order valence-electron chi connectivity index (χ3n) is 2.37. The minimum Gasteiger partial charge on any atom is -0.469 e. The molecule has 0 aliphatic carbocycles. The van der Waals surface area contributed by atoms with Gasteiger partial charge in [-0.1, -0.05) is 24.7 Å². The number of aromatic nitrogens is 3. The van der Waals surface area contributed by atoms with E-state index in [1.54, 1.807) is 0 Å². The van der Waals surface area contributed by atoms with Crippen LogP contribution in [0.25, 0.3) is 4.96 Å². The van der Waals surface area contributed by atoms with E-state index >= 15 is 0 Å². The number of hydrogen-bond acceptors (Lipinski definition) is 6. The minimum absolute atomic E-state index is 0.0626. The third-order valence-corrected chi connectivity index (χ3v) is 3.28. The summed E-state index contributed by atoms with van der Waals surface area (Å²) >= 11 is 1.24. The smallest absolute Gasteiger partial charge is 0.312 e. The van der Waals surface area contributed by atoms with E-state index < -0.39 is 0 Å². The molecule has 0 atom stereocenters. The van der Waals surface area contributed by atoms with E-state index in [0.29, 0.717) is 9.97 Å². The predicted octanol–water partition coefficient (Wildman–Crippen LogP) is 0.819. The third kappa shape index (κ3) is 2.56. The fourth-order valence-electron chi connectivity index (χ4n) is 1.55. The van der Waals surface area contributed by atoms with Crippen molar-refractivity contribution in [3.8, 4) is 0 Å². The molecule has 0 fully saturated rings. The van der Waals surface area contributed by atoms with Crippen molar-refractivity contribution in [3.63, 3.8) is 0 Å². The van der Waals surface area contributed by atoms with Gasteiger partial charge in [0.05, 0.1) is 13.5 Å². The van der Waals surface area contributed by atoms with Crippen LogP contribution in [0.15, 0.2) is 10.9 Å². The molecule has 2 aromatic heterocycles. The van der Waals surface area contributed by atoms with Gasteiger partial charge in [-0.2, -0.15) is 9.61 Å². The quantitative estimate of drug-likeness (QED) is 0.767. The van der Waals surface area contributed by atoms with Gasteiger partial charge in [0.25, 0.3) is 5.56 Å². The Morgan fingerprint density at radius 2 is 2.33 bits per heavy atom. The van der Waals surface area contributed by atoms with Crippen molar-refractivity contribution < 1.29 is 9.53 Å². The SMILES string of the molecule is CCCc1cc(=O)n2nc(CC(=O)OC)sc2n1. The number of esters is 1. The summed E-state index contributed by atoms with van der Waals surface area (Å²) in [4.78, 5) is 27.8. The van der Waals surface area contributed by atoms with E-state index in [-0.39, 0.29) is 17.9 Å². The summed E-state index contributed by atoms with van der Waals surface area (Å²) in [5, 5.41) is 4.59. The number of nitrogens with zero attached hydrogens (tertiary/aromatic N) is 3. The van der Waals surface area contributed by atoms with Crippen molar-refractivity contribution in [2.45, 2.75) is 26.2 Å². The molecule has 0 aliphatic heterocycles. The standard InChI is InChI=1S/C11H13N3O3S/c1-3-4-7-5-9(15)14-11(12-7)18-8(13-14)6-10(16)17-2/h5H,3-4,6H2,1-2H3. The highest BCUT2D eigenvalue weighted by Gasteiger charge is 2.12. The lowest BCUT2D eigenvalue weighted by Crippen LogP contribution is -2.15. The Kier molecular flexibility index (Phi) is 3.71. The van der Waals surface area contributed by atoms with Crippen LogP contribution in [0, 0.1) is 0 Å². The molecule has 0 spiro atoms. The first-order valence-corrected chi connectivity index (χ1v) is 6.41. The van der Waals surface area contributed by atoms with Crippen molar-refractivity contribution in [2.75, 3.05) is 7.11 Å². The number of rotatable bonds is 4. The van der Waals surface area contributed by atoms with Gasteiger partial charge < -0.3 is 4.74 Å². The zero-order valence-electron chi connectivity index (χ0n) is 10.2. The molecule has 0 aromatic carbocycles. The molecule has 0 saturated heterocycles. The van der Waals surface area contributed by atoms with Crippen LogP contribution in [0.5, 0.6) is 0 Å². The Hall–Kier alpha value is -1.76. The maximum absolute atomic E-state index is 11.8. The van der Waals surface area contributed by atoms with Gasteiger partial charge in [0.1, 0.15) is 5.01 Å². The summed E-state index contributed by atoms with van der Waals surface area (Å²) < 4.78 is 5.79. The van der Waals surface area contributed by atoms with Gasteiger partial charge in [0.15, 0.2) is 0 Å². The van der Waals surface area contributed by atoms with Crippen LogP contribution in [0.1, 0.15) is 24.0 Å². The topological polar surface area (TPSA) is 73.6 Å². The van der Waals surface area contributed by atoms with E-state index in [0.717, 1.165) is 18.5 Å². The Morgan fingerprint density at radius 3 is 3.00 bits per heavy atom. The molecule has 0 amide bonds. The van der Waals surface area contributed by atoms with Crippen LogP contribution >= 0.6 is 11.3 Å². The van der Waals surface area contributed by atoms with Crippen LogP contribution in [-0.4, -0.2) is 27.7 Å². The highest BCUT2D eigenvalue weighted by molar-refractivity contribution is 7.16. The molecule has 7 heteroatoms. The van der Waals surface area contributed by atoms with Crippen molar-refractivity contribution >= 4 is 22.3 Å². The first kappa shape index (κ1) is 12.7. The van der Waals surface area contributed by atoms with Crippen molar-refractivity contribution in [3.05, 3.63) is 27.1 Å². The summed E-state index contributed by atoms with van der Waals surface area (Å²) in [7, 11) is 1.32. The molecule has 2 heterocycles. The van der Waals surface area contributed by atoms with E-state index in [9.17, 15) is 9.59 Å². The van der Waals surface area contributed by atoms with Crippen LogP contribution in [0.3, 0.4) is 0 Å². The zero-order valence-corrected chi connectivity index (χ0v) is 11.0. The number of hydrogen-bond donors (Lipinski definition) is 0. The first-order valence-electron chi connectivity index (χ1n) is 5.59. The maximum atomic E-state index is 11.8. The summed E-state index contributed by atoms with van der Waals surface area (Å²) in [6, 6.07) is 1.48. The van der Waals surface area contributed by atoms with Gasteiger partial charge in [-0.15, -0.1) is 0 Å². The van der Waals surface area contributed by atoms with Gasteiger partial charge in [0, 0.05) is 11.8 Å². The Bertz CT molecular complexity index is 632. The fraction of sp³-hybridized carbons (Fsp3) is 0.455.